The van der Waals surface area contributed by atoms with Gasteiger partial charge in [-0.2, -0.15) is 0 Å². The molecule has 0 radical (unpaired) electrons. The smallest absolute Gasteiger partial charge is 0.265 e. The first-order chi connectivity index (χ1) is 11.6. The van der Waals surface area contributed by atoms with Crippen LogP contribution in [0.3, 0.4) is 0 Å². The SMILES string of the molecule is CCC1Oc2cc(C(C)NCc3nccc(N)n3)ccc2NC1=O. The van der Waals surface area contributed by atoms with Crippen molar-refractivity contribution in [3.8, 4) is 5.75 Å². The molecule has 0 saturated carbocycles. The molecule has 0 fully saturated rings. The van der Waals surface area contributed by atoms with Gasteiger partial charge in [0.15, 0.2) is 6.10 Å². The summed E-state index contributed by atoms with van der Waals surface area (Å²) in [4.78, 5) is 20.2. The van der Waals surface area contributed by atoms with Crippen molar-refractivity contribution in [3.05, 3.63) is 41.9 Å². The lowest BCUT2D eigenvalue weighted by molar-refractivity contribution is -0.123. The van der Waals surface area contributed by atoms with Gasteiger partial charge in [0, 0.05) is 12.2 Å². The number of carbonyl (C=O) groups is 1. The number of ether oxygens (including phenoxy) is 1. The lowest BCUT2D eigenvalue weighted by atomic mass is 10.1. The van der Waals surface area contributed by atoms with Gasteiger partial charge >= 0.3 is 0 Å². The Bertz CT molecular complexity index is 750. The molecule has 2 atom stereocenters. The molecular formula is C17H21N5O2. The van der Waals surface area contributed by atoms with Crippen molar-refractivity contribution >= 4 is 17.4 Å². The molecule has 1 aliphatic heterocycles. The van der Waals surface area contributed by atoms with Gasteiger partial charge in [0.2, 0.25) is 0 Å². The van der Waals surface area contributed by atoms with E-state index in [1.807, 2.05) is 32.0 Å². The fourth-order valence-electron chi connectivity index (χ4n) is 2.56. The summed E-state index contributed by atoms with van der Waals surface area (Å²) >= 11 is 0. The number of rotatable bonds is 5. The summed E-state index contributed by atoms with van der Waals surface area (Å²) < 4.78 is 5.78. The maximum Gasteiger partial charge on any atom is 0.265 e. The Labute approximate surface area is 140 Å². The van der Waals surface area contributed by atoms with Crippen LogP contribution in [0.4, 0.5) is 11.5 Å². The van der Waals surface area contributed by atoms with Gasteiger partial charge in [0.05, 0.1) is 12.2 Å². The molecule has 1 aromatic carbocycles. The zero-order valence-electron chi connectivity index (χ0n) is 13.7. The van der Waals surface area contributed by atoms with Crippen LogP contribution < -0.4 is 21.1 Å². The molecule has 3 rings (SSSR count). The van der Waals surface area contributed by atoms with Crippen molar-refractivity contribution < 1.29 is 9.53 Å². The van der Waals surface area contributed by atoms with Gasteiger partial charge in [-0.25, -0.2) is 9.97 Å². The van der Waals surface area contributed by atoms with E-state index in [1.165, 1.54) is 0 Å². The number of nitrogens with zero attached hydrogens (tertiary/aromatic N) is 2. The number of nitrogens with one attached hydrogen (secondary N) is 2. The normalized spacial score (nSPS) is 17.6. The largest absolute Gasteiger partial charge is 0.478 e. The van der Waals surface area contributed by atoms with E-state index in [4.69, 9.17) is 10.5 Å². The number of anilines is 2. The van der Waals surface area contributed by atoms with Gasteiger partial charge in [-0.3, -0.25) is 4.79 Å². The van der Waals surface area contributed by atoms with Crippen molar-refractivity contribution in [2.24, 2.45) is 0 Å². The van der Waals surface area contributed by atoms with Gasteiger partial charge in [-0.05, 0) is 37.1 Å². The number of nitrogen functional groups attached to an aromatic ring is 1. The number of nitrogens with two attached hydrogens (primary N) is 1. The minimum Gasteiger partial charge on any atom is -0.478 e. The Morgan fingerprint density at radius 1 is 1.42 bits per heavy atom. The molecule has 7 heteroatoms. The van der Waals surface area contributed by atoms with E-state index in [1.54, 1.807) is 12.3 Å². The van der Waals surface area contributed by atoms with Gasteiger partial charge in [-0.1, -0.05) is 13.0 Å². The molecule has 24 heavy (non-hydrogen) atoms. The Hall–Kier alpha value is -2.67. The van der Waals surface area contributed by atoms with E-state index in [0.717, 1.165) is 5.56 Å². The van der Waals surface area contributed by atoms with Crippen molar-refractivity contribution in [3.63, 3.8) is 0 Å². The van der Waals surface area contributed by atoms with E-state index in [2.05, 4.69) is 20.6 Å². The number of hydrogen-bond acceptors (Lipinski definition) is 6. The first kappa shape index (κ1) is 16.2. The van der Waals surface area contributed by atoms with E-state index >= 15 is 0 Å². The number of hydrogen-bond donors (Lipinski definition) is 3. The van der Waals surface area contributed by atoms with Gasteiger partial charge < -0.3 is 21.1 Å². The zero-order valence-corrected chi connectivity index (χ0v) is 13.7. The summed E-state index contributed by atoms with van der Waals surface area (Å²) in [6.45, 7) is 4.49. The minimum atomic E-state index is -0.434. The van der Waals surface area contributed by atoms with Crippen molar-refractivity contribution in [2.75, 3.05) is 11.1 Å². The average Bonchev–Trinajstić information content (AvgIpc) is 2.58. The van der Waals surface area contributed by atoms with Crippen LogP contribution in [0.1, 0.15) is 37.7 Å². The number of carbonyl (C=O) groups excluding carboxylic acids is 1. The molecule has 1 aromatic heterocycles. The topological polar surface area (TPSA) is 102 Å². The van der Waals surface area contributed by atoms with Crippen molar-refractivity contribution in [1.29, 1.82) is 0 Å². The molecule has 2 heterocycles. The highest BCUT2D eigenvalue weighted by Gasteiger charge is 2.26. The van der Waals surface area contributed by atoms with Crippen LogP contribution >= 0.6 is 0 Å². The highest BCUT2D eigenvalue weighted by Crippen LogP contribution is 2.33. The summed E-state index contributed by atoms with van der Waals surface area (Å²) in [6, 6.07) is 7.51. The van der Waals surface area contributed by atoms with Gasteiger partial charge in [-0.15, -0.1) is 0 Å². The first-order valence-electron chi connectivity index (χ1n) is 7.99. The lowest BCUT2D eigenvalue weighted by Gasteiger charge is -2.26. The molecule has 126 valence electrons. The van der Waals surface area contributed by atoms with E-state index in [9.17, 15) is 4.79 Å². The number of amides is 1. The Morgan fingerprint density at radius 2 is 2.25 bits per heavy atom. The monoisotopic (exact) mass is 327 g/mol. The molecule has 7 nitrogen and oxygen atoms in total. The third kappa shape index (κ3) is 3.46. The third-order valence-electron chi connectivity index (χ3n) is 3.99. The predicted molar refractivity (Wildman–Crippen MR) is 91.5 cm³/mol. The molecule has 1 amide bonds. The van der Waals surface area contributed by atoms with Crippen molar-refractivity contribution in [1.82, 2.24) is 15.3 Å². The maximum atomic E-state index is 11.8. The van der Waals surface area contributed by atoms with E-state index < -0.39 is 6.10 Å². The van der Waals surface area contributed by atoms with Crippen LogP contribution in [0.15, 0.2) is 30.5 Å². The summed E-state index contributed by atoms with van der Waals surface area (Å²) in [5, 5.41) is 6.23. The molecule has 0 aliphatic carbocycles. The van der Waals surface area contributed by atoms with Crippen LogP contribution in [0, 0.1) is 0 Å². The summed E-state index contributed by atoms with van der Waals surface area (Å²) in [6.07, 6.45) is 1.84. The van der Waals surface area contributed by atoms with Gasteiger partial charge in [0.1, 0.15) is 17.4 Å². The second kappa shape index (κ2) is 6.84. The number of fused-ring (bicyclic) bond motifs is 1. The van der Waals surface area contributed by atoms with Crippen molar-refractivity contribution in [2.45, 2.75) is 39.0 Å². The minimum absolute atomic E-state index is 0.0710. The van der Waals surface area contributed by atoms with Crippen LogP contribution in [0.25, 0.3) is 0 Å². The highest BCUT2D eigenvalue weighted by atomic mass is 16.5. The molecule has 0 saturated heterocycles. The molecule has 1 aliphatic rings. The van der Waals surface area contributed by atoms with Crippen LogP contribution in [-0.2, 0) is 11.3 Å². The first-order valence-corrected chi connectivity index (χ1v) is 7.99. The Morgan fingerprint density at radius 3 is 3.00 bits per heavy atom. The number of benzene rings is 1. The van der Waals surface area contributed by atoms with E-state index in [0.29, 0.717) is 36.0 Å². The highest BCUT2D eigenvalue weighted by molar-refractivity contribution is 5.97. The summed E-state index contributed by atoms with van der Waals surface area (Å²) in [7, 11) is 0. The molecule has 4 N–H and O–H groups in total. The third-order valence-corrected chi connectivity index (χ3v) is 3.99. The molecule has 2 unspecified atom stereocenters. The fraction of sp³-hybridized carbons (Fsp3) is 0.353. The Balaban J connectivity index is 1.70. The van der Waals surface area contributed by atoms with Gasteiger partial charge in [0.25, 0.3) is 5.91 Å². The second-order valence-corrected chi connectivity index (χ2v) is 5.76. The van der Waals surface area contributed by atoms with E-state index in [-0.39, 0.29) is 11.9 Å². The summed E-state index contributed by atoms with van der Waals surface area (Å²) in [5.41, 5.74) is 7.43. The average molecular weight is 327 g/mol. The second-order valence-electron chi connectivity index (χ2n) is 5.76. The summed E-state index contributed by atoms with van der Waals surface area (Å²) in [5.74, 6) is 1.71. The predicted octanol–water partition coefficient (Wildman–Crippen LogP) is 2.02. The molecule has 2 aromatic rings. The molecule has 0 bridgehead atoms. The lowest BCUT2D eigenvalue weighted by Crippen LogP contribution is -2.36. The standard InChI is InChI=1S/C17H21N5O2/c1-3-13-17(23)21-12-5-4-11(8-14(12)24-13)10(2)20-9-16-19-7-6-15(18)22-16/h4-8,10,13,20H,3,9H2,1-2H3,(H,21,23)(H2,18,19,22). The maximum absolute atomic E-state index is 11.8. The number of aromatic nitrogens is 2. The van der Waals surface area contributed by atoms with Crippen LogP contribution in [-0.4, -0.2) is 22.0 Å². The Kier molecular flexibility index (Phi) is 4.61. The van der Waals surface area contributed by atoms with Crippen LogP contribution in [0.2, 0.25) is 0 Å². The molecular weight excluding hydrogens is 306 g/mol. The fourth-order valence-corrected chi connectivity index (χ4v) is 2.56. The zero-order chi connectivity index (χ0) is 17.1. The quantitative estimate of drug-likeness (QED) is 0.776. The van der Waals surface area contributed by atoms with Crippen LogP contribution in [0.5, 0.6) is 5.75 Å². The molecule has 0 spiro atoms.